The number of nitrogens with two attached hydrogens (primary N) is 1. The number of urea groups is 1. The van der Waals surface area contributed by atoms with E-state index in [1.165, 1.54) is 0 Å². The summed E-state index contributed by atoms with van der Waals surface area (Å²) in [6.45, 7) is 3.72. The Balaban J connectivity index is 2.50. The van der Waals surface area contributed by atoms with Gasteiger partial charge < -0.3 is 16.4 Å². The fourth-order valence-electron chi connectivity index (χ4n) is 1.65. The van der Waals surface area contributed by atoms with Crippen LogP contribution in [0.5, 0.6) is 0 Å². The van der Waals surface area contributed by atoms with Crippen LogP contribution in [0.1, 0.15) is 25.5 Å². The molecule has 0 fully saturated rings. The highest BCUT2D eigenvalue weighted by molar-refractivity contribution is 7.84. The summed E-state index contributed by atoms with van der Waals surface area (Å²) in [6.07, 6.45) is 1.61. The van der Waals surface area contributed by atoms with Crippen LogP contribution < -0.4 is 16.4 Å². The largest absolute Gasteiger partial charge is 0.334 e. The maximum atomic E-state index is 11.7. The van der Waals surface area contributed by atoms with Crippen LogP contribution in [-0.4, -0.2) is 28.3 Å². The van der Waals surface area contributed by atoms with E-state index in [1.807, 2.05) is 26.0 Å². The number of hydrogen-bond acceptors (Lipinski definition) is 3. The zero-order valence-electron chi connectivity index (χ0n) is 11.5. The van der Waals surface area contributed by atoms with Crippen LogP contribution in [0.4, 0.5) is 10.5 Å². The van der Waals surface area contributed by atoms with Gasteiger partial charge in [-0.25, -0.2) is 4.79 Å². The third-order valence-corrected chi connectivity index (χ3v) is 3.53. The molecule has 0 bridgehead atoms. The van der Waals surface area contributed by atoms with E-state index in [2.05, 4.69) is 10.6 Å². The first-order chi connectivity index (χ1) is 8.88. The number of nitrogens with one attached hydrogen (secondary N) is 2. The standard InChI is InChI=1S/C13H21N3O2S/c1-9(8-19(3)18)15-13(17)16-12-6-4-11(5-7-12)10(2)14/h4-7,9-10H,8,14H2,1-3H3,(H2,15,16,17). The molecule has 5 nitrogen and oxygen atoms in total. The highest BCUT2D eigenvalue weighted by Gasteiger charge is 2.09. The zero-order chi connectivity index (χ0) is 14.4. The fraction of sp³-hybridized carbons (Fsp3) is 0.462. The van der Waals surface area contributed by atoms with Crippen molar-refractivity contribution in [2.75, 3.05) is 17.3 Å². The predicted molar refractivity (Wildman–Crippen MR) is 79.6 cm³/mol. The summed E-state index contributed by atoms with van der Waals surface area (Å²) in [4.78, 5) is 11.7. The van der Waals surface area contributed by atoms with Gasteiger partial charge in [-0.15, -0.1) is 0 Å². The number of amides is 2. The Morgan fingerprint density at radius 2 is 1.89 bits per heavy atom. The van der Waals surface area contributed by atoms with Crippen molar-refractivity contribution < 1.29 is 9.00 Å². The second-order valence-corrected chi connectivity index (χ2v) is 6.13. The first-order valence-corrected chi connectivity index (χ1v) is 7.84. The van der Waals surface area contributed by atoms with Crippen LogP contribution in [0.15, 0.2) is 24.3 Å². The maximum absolute atomic E-state index is 11.7. The van der Waals surface area contributed by atoms with Crippen molar-refractivity contribution in [1.82, 2.24) is 5.32 Å². The predicted octanol–water partition coefficient (Wildman–Crippen LogP) is 1.59. The van der Waals surface area contributed by atoms with Crippen LogP contribution in [0.3, 0.4) is 0 Å². The summed E-state index contributed by atoms with van der Waals surface area (Å²) in [5, 5.41) is 5.45. The Bertz CT molecular complexity index is 446. The molecule has 0 aliphatic rings. The third kappa shape index (κ3) is 5.85. The molecule has 6 heteroatoms. The van der Waals surface area contributed by atoms with Crippen LogP contribution in [-0.2, 0) is 10.8 Å². The molecule has 3 atom stereocenters. The second-order valence-electron chi connectivity index (χ2n) is 4.65. The van der Waals surface area contributed by atoms with Crippen LogP contribution in [0.2, 0.25) is 0 Å². The summed E-state index contributed by atoms with van der Waals surface area (Å²) in [6, 6.07) is 6.92. The quantitative estimate of drug-likeness (QED) is 0.767. The number of benzene rings is 1. The number of carbonyl (C=O) groups excluding carboxylic acids is 1. The summed E-state index contributed by atoms with van der Waals surface area (Å²) in [5.74, 6) is 0.442. The highest BCUT2D eigenvalue weighted by Crippen LogP contribution is 2.13. The zero-order valence-corrected chi connectivity index (χ0v) is 12.3. The Hall–Kier alpha value is -1.40. The van der Waals surface area contributed by atoms with E-state index in [-0.39, 0.29) is 18.1 Å². The normalized spacial score (nSPS) is 15.4. The van der Waals surface area contributed by atoms with Gasteiger partial charge in [0.1, 0.15) is 0 Å². The summed E-state index contributed by atoms with van der Waals surface area (Å²) in [7, 11) is -0.923. The van der Waals surface area contributed by atoms with E-state index in [0.717, 1.165) is 5.56 Å². The molecule has 3 unspecified atom stereocenters. The molecular weight excluding hydrogens is 262 g/mol. The van der Waals surface area contributed by atoms with Gasteiger partial charge in [0.05, 0.1) is 0 Å². The van der Waals surface area contributed by atoms with Crippen molar-refractivity contribution in [3.8, 4) is 0 Å². The van der Waals surface area contributed by atoms with E-state index >= 15 is 0 Å². The molecule has 0 radical (unpaired) electrons. The van der Waals surface area contributed by atoms with Crippen molar-refractivity contribution >= 4 is 22.5 Å². The molecule has 0 heterocycles. The average Bonchev–Trinajstić information content (AvgIpc) is 2.27. The molecule has 0 saturated heterocycles. The Labute approximate surface area is 116 Å². The van der Waals surface area contributed by atoms with Crippen LogP contribution >= 0.6 is 0 Å². The first kappa shape index (κ1) is 15.7. The van der Waals surface area contributed by atoms with Crippen molar-refractivity contribution in [3.63, 3.8) is 0 Å². The van der Waals surface area contributed by atoms with Gasteiger partial charge in [-0.3, -0.25) is 4.21 Å². The third-order valence-electron chi connectivity index (χ3n) is 2.56. The minimum absolute atomic E-state index is 0.0255. The van der Waals surface area contributed by atoms with Gasteiger partial charge in [-0.1, -0.05) is 12.1 Å². The first-order valence-electron chi connectivity index (χ1n) is 6.11. The minimum Gasteiger partial charge on any atom is -0.334 e. The lowest BCUT2D eigenvalue weighted by atomic mass is 10.1. The van der Waals surface area contributed by atoms with Crippen molar-refractivity contribution in [2.45, 2.75) is 25.9 Å². The Morgan fingerprint density at radius 3 is 2.37 bits per heavy atom. The van der Waals surface area contributed by atoms with Crippen molar-refractivity contribution in [1.29, 1.82) is 0 Å². The summed E-state index contributed by atoms with van der Waals surface area (Å²) >= 11 is 0. The Morgan fingerprint density at radius 1 is 1.32 bits per heavy atom. The fourth-order valence-corrected chi connectivity index (χ4v) is 2.44. The molecule has 1 aromatic rings. The Kier molecular flexibility index (Phi) is 5.98. The molecule has 0 spiro atoms. The minimum atomic E-state index is -0.923. The SMILES string of the molecule is CC(CS(C)=O)NC(=O)Nc1ccc(C(C)N)cc1. The topological polar surface area (TPSA) is 84.2 Å². The van der Waals surface area contributed by atoms with Crippen molar-refractivity contribution in [2.24, 2.45) is 5.73 Å². The number of hydrogen-bond donors (Lipinski definition) is 3. The molecule has 106 valence electrons. The smallest absolute Gasteiger partial charge is 0.319 e. The molecule has 0 aliphatic carbocycles. The van der Waals surface area contributed by atoms with E-state index < -0.39 is 10.8 Å². The summed E-state index contributed by atoms with van der Waals surface area (Å²) in [5.41, 5.74) is 7.46. The van der Waals surface area contributed by atoms with Gasteiger partial charge in [0.25, 0.3) is 0 Å². The molecule has 0 aliphatic heterocycles. The van der Waals surface area contributed by atoms with Gasteiger partial charge in [0.15, 0.2) is 0 Å². The number of anilines is 1. The highest BCUT2D eigenvalue weighted by atomic mass is 32.2. The van der Waals surface area contributed by atoms with Gasteiger partial charge in [-0.2, -0.15) is 0 Å². The summed E-state index contributed by atoms with van der Waals surface area (Å²) < 4.78 is 11.0. The van der Waals surface area contributed by atoms with E-state index in [0.29, 0.717) is 11.4 Å². The monoisotopic (exact) mass is 283 g/mol. The maximum Gasteiger partial charge on any atom is 0.319 e. The lowest BCUT2D eigenvalue weighted by molar-refractivity contribution is 0.250. The van der Waals surface area contributed by atoms with Gasteiger partial charge in [-0.05, 0) is 31.5 Å². The van der Waals surface area contributed by atoms with Crippen LogP contribution in [0.25, 0.3) is 0 Å². The van der Waals surface area contributed by atoms with Crippen molar-refractivity contribution in [3.05, 3.63) is 29.8 Å². The van der Waals surface area contributed by atoms with E-state index in [9.17, 15) is 9.00 Å². The molecule has 1 aromatic carbocycles. The van der Waals surface area contributed by atoms with Gasteiger partial charge >= 0.3 is 6.03 Å². The molecular formula is C13H21N3O2S. The van der Waals surface area contributed by atoms with E-state index in [1.54, 1.807) is 18.4 Å². The van der Waals surface area contributed by atoms with Gasteiger partial charge in [0.2, 0.25) is 0 Å². The lowest BCUT2D eigenvalue weighted by Gasteiger charge is -2.14. The molecule has 0 aromatic heterocycles. The van der Waals surface area contributed by atoms with Gasteiger partial charge in [0, 0.05) is 40.6 Å². The molecule has 4 N–H and O–H groups in total. The average molecular weight is 283 g/mol. The lowest BCUT2D eigenvalue weighted by Crippen LogP contribution is -2.39. The van der Waals surface area contributed by atoms with Crippen LogP contribution in [0, 0.1) is 0 Å². The molecule has 1 rings (SSSR count). The molecule has 2 amide bonds. The van der Waals surface area contributed by atoms with E-state index in [4.69, 9.17) is 5.73 Å². The molecule has 0 saturated carbocycles. The number of rotatable bonds is 5. The second kappa shape index (κ2) is 7.25. The number of carbonyl (C=O) groups is 1. The molecule has 19 heavy (non-hydrogen) atoms.